The monoisotopic (exact) mass is 141 g/mol. The lowest BCUT2D eigenvalue weighted by molar-refractivity contribution is -0.140. The number of nitrogens with zero attached hydrogens (tertiary/aromatic N) is 1. The molecular formula is C7H11NO2. The Morgan fingerprint density at radius 2 is 2.10 bits per heavy atom. The number of carbonyl (C=O) groups is 2. The molecule has 0 bridgehead atoms. The van der Waals surface area contributed by atoms with Crippen molar-refractivity contribution in [2.75, 3.05) is 7.05 Å². The molecule has 10 heavy (non-hydrogen) atoms. The van der Waals surface area contributed by atoms with Crippen molar-refractivity contribution in [1.29, 1.82) is 0 Å². The zero-order chi connectivity index (χ0) is 7.72. The van der Waals surface area contributed by atoms with E-state index in [1.165, 1.54) is 0 Å². The van der Waals surface area contributed by atoms with Gasteiger partial charge in [-0.05, 0) is 6.92 Å². The lowest BCUT2D eigenvalue weighted by Gasteiger charge is -2.28. The Labute approximate surface area is 60.0 Å². The van der Waals surface area contributed by atoms with Crippen LogP contribution in [0, 0.1) is 0 Å². The number of Topliss-reactive ketones (excluding diaryl/α,β-unsaturated/α-hetero) is 1. The second-order valence-electron chi connectivity index (χ2n) is 2.77. The summed E-state index contributed by atoms with van der Waals surface area (Å²) in [4.78, 5) is 23.3. The number of carbonyl (C=O) groups excluding carboxylic acids is 2. The average Bonchev–Trinajstić information content (AvgIpc) is 1.82. The summed E-state index contributed by atoms with van der Waals surface area (Å²) in [5.74, 6) is 0.0133. The third-order valence-electron chi connectivity index (χ3n) is 1.93. The van der Waals surface area contributed by atoms with Crippen molar-refractivity contribution >= 4 is 11.7 Å². The lowest BCUT2D eigenvalue weighted by Crippen LogP contribution is -2.42. The van der Waals surface area contributed by atoms with Crippen molar-refractivity contribution in [1.82, 2.24) is 4.90 Å². The molecule has 1 aliphatic rings. The molecule has 0 aliphatic carbocycles. The Hall–Kier alpha value is -0.860. The average molecular weight is 141 g/mol. The first-order valence-corrected chi connectivity index (χ1v) is 3.38. The van der Waals surface area contributed by atoms with E-state index < -0.39 is 0 Å². The summed E-state index contributed by atoms with van der Waals surface area (Å²) in [5.41, 5.74) is 0. The molecule has 1 aliphatic heterocycles. The molecule has 3 nitrogen and oxygen atoms in total. The van der Waals surface area contributed by atoms with E-state index in [2.05, 4.69) is 0 Å². The fraction of sp³-hybridized carbons (Fsp3) is 0.714. The van der Waals surface area contributed by atoms with Gasteiger partial charge in [-0.1, -0.05) is 0 Å². The van der Waals surface area contributed by atoms with Crippen LogP contribution in [0.1, 0.15) is 19.8 Å². The van der Waals surface area contributed by atoms with Crippen molar-refractivity contribution < 1.29 is 9.59 Å². The van der Waals surface area contributed by atoms with Crippen LogP contribution in [-0.2, 0) is 9.59 Å². The predicted molar refractivity (Wildman–Crippen MR) is 36.5 cm³/mol. The SMILES string of the molecule is CC1CC(=O)CC(=O)N1C. The van der Waals surface area contributed by atoms with Crippen LogP contribution in [0.25, 0.3) is 0 Å². The molecule has 0 aromatic heterocycles. The van der Waals surface area contributed by atoms with Gasteiger partial charge in [0.25, 0.3) is 0 Å². The Bertz CT molecular complexity index is 176. The topological polar surface area (TPSA) is 37.4 Å². The van der Waals surface area contributed by atoms with E-state index in [-0.39, 0.29) is 24.2 Å². The maximum absolute atomic E-state index is 10.9. The highest BCUT2D eigenvalue weighted by Crippen LogP contribution is 2.11. The van der Waals surface area contributed by atoms with Crippen molar-refractivity contribution in [3.05, 3.63) is 0 Å². The van der Waals surface area contributed by atoms with Crippen molar-refractivity contribution in [3.8, 4) is 0 Å². The van der Waals surface area contributed by atoms with E-state index in [0.29, 0.717) is 6.42 Å². The summed E-state index contributed by atoms with van der Waals surface area (Å²) in [6, 6.07) is 0.0914. The summed E-state index contributed by atoms with van der Waals surface area (Å²) >= 11 is 0. The molecule has 0 aromatic carbocycles. The van der Waals surface area contributed by atoms with E-state index in [4.69, 9.17) is 0 Å². The number of likely N-dealkylation sites (tertiary alicyclic amines) is 1. The number of amides is 1. The summed E-state index contributed by atoms with van der Waals surface area (Å²) in [5, 5.41) is 0. The summed E-state index contributed by atoms with van der Waals surface area (Å²) in [6.07, 6.45) is 0.614. The van der Waals surface area contributed by atoms with E-state index in [9.17, 15) is 9.59 Å². The highest BCUT2D eigenvalue weighted by Gasteiger charge is 2.26. The molecule has 1 rings (SSSR count). The molecule has 0 spiro atoms. The molecule has 1 unspecified atom stereocenters. The fourth-order valence-electron chi connectivity index (χ4n) is 1.08. The van der Waals surface area contributed by atoms with Gasteiger partial charge in [0.2, 0.25) is 5.91 Å². The number of ketones is 1. The fourth-order valence-corrected chi connectivity index (χ4v) is 1.08. The predicted octanol–water partition coefficient (Wildman–Crippen LogP) is 0.196. The van der Waals surface area contributed by atoms with Gasteiger partial charge in [-0.3, -0.25) is 9.59 Å². The van der Waals surface area contributed by atoms with Crippen LogP contribution in [0.3, 0.4) is 0 Å². The maximum atomic E-state index is 10.9. The summed E-state index contributed by atoms with van der Waals surface area (Å²) in [6.45, 7) is 1.88. The minimum absolute atomic E-state index is 0.0521. The normalized spacial score (nSPS) is 27.4. The second-order valence-corrected chi connectivity index (χ2v) is 2.77. The summed E-state index contributed by atoms with van der Waals surface area (Å²) < 4.78 is 0. The van der Waals surface area contributed by atoms with Gasteiger partial charge >= 0.3 is 0 Å². The van der Waals surface area contributed by atoms with Gasteiger partial charge in [0.05, 0.1) is 6.42 Å². The first-order chi connectivity index (χ1) is 4.61. The van der Waals surface area contributed by atoms with Crippen LogP contribution < -0.4 is 0 Å². The minimum atomic E-state index is -0.0521. The first kappa shape index (κ1) is 7.25. The zero-order valence-electron chi connectivity index (χ0n) is 6.26. The standard InChI is InChI=1S/C7H11NO2/c1-5-3-6(9)4-7(10)8(5)2/h5H,3-4H2,1-2H3. The van der Waals surface area contributed by atoms with Gasteiger partial charge in [-0.2, -0.15) is 0 Å². The third-order valence-corrected chi connectivity index (χ3v) is 1.93. The number of rotatable bonds is 0. The lowest BCUT2D eigenvalue weighted by atomic mass is 10.0. The summed E-state index contributed by atoms with van der Waals surface area (Å²) in [7, 11) is 1.74. The largest absolute Gasteiger partial charge is 0.342 e. The van der Waals surface area contributed by atoms with E-state index in [1.807, 2.05) is 6.92 Å². The minimum Gasteiger partial charge on any atom is -0.342 e. The molecule has 0 N–H and O–H groups in total. The molecule has 1 fully saturated rings. The van der Waals surface area contributed by atoms with Gasteiger partial charge in [0, 0.05) is 19.5 Å². The van der Waals surface area contributed by atoms with Crippen molar-refractivity contribution in [2.45, 2.75) is 25.8 Å². The van der Waals surface area contributed by atoms with Gasteiger partial charge in [-0.25, -0.2) is 0 Å². The van der Waals surface area contributed by atoms with E-state index in [1.54, 1.807) is 11.9 Å². The molecule has 0 aromatic rings. The smallest absolute Gasteiger partial charge is 0.230 e. The van der Waals surface area contributed by atoms with Crippen LogP contribution in [0.15, 0.2) is 0 Å². The van der Waals surface area contributed by atoms with Crippen molar-refractivity contribution in [2.24, 2.45) is 0 Å². The van der Waals surface area contributed by atoms with Crippen LogP contribution in [0.5, 0.6) is 0 Å². The van der Waals surface area contributed by atoms with Crippen LogP contribution >= 0.6 is 0 Å². The Kier molecular flexibility index (Phi) is 1.74. The van der Waals surface area contributed by atoms with Crippen LogP contribution in [0.2, 0.25) is 0 Å². The Morgan fingerprint density at radius 1 is 1.50 bits per heavy atom. The van der Waals surface area contributed by atoms with Gasteiger partial charge in [-0.15, -0.1) is 0 Å². The molecular weight excluding hydrogens is 130 g/mol. The zero-order valence-corrected chi connectivity index (χ0v) is 6.26. The number of piperidine rings is 1. The number of hydrogen-bond acceptors (Lipinski definition) is 2. The molecule has 1 atom stereocenters. The highest BCUT2D eigenvalue weighted by molar-refractivity contribution is 6.00. The molecule has 1 heterocycles. The molecule has 0 saturated carbocycles. The molecule has 56 valence electrons. The van der Waals surface area contributed by atoms with Gasteiger partial charge in [0.15, 0.2) is 0 Å². The van der Waals surface area contributed by atoms with E-state index >= 15 is 0 Å². The van der Waals surface area contributed by atoms with Gasteiger partial charge < -0.3 is 4.90 Å². The van der Waals surface area contributed by atoms with Crippen LogP contribution in [0.4, 0.5) is 0 Å². The Balaban J connectivity index is 2.66. The highest BCUT2D eigenvalue weighted by atomic mass is 16.2. The number of hydrogen-bond donors (Lipinski definition) is 0. The third kappa shape index (κ3) is 1.17. The quantitative estimate of drug-likeness (QED) is 0.452. The maximum Gasteiger partial charge on any atom is 0.230 e. The molecule has 0 radical (unpaired) electrons. The van der Waals surface area contributed by atoms with Crippen molar-refractivity contribution in [3.63, 3.8) is 0 Å². The molecule has 3 heteroatoms. The van der Waals surface area contributed by atoms with Crippen LogP contribution in [-0.4, -0.2) is 29.7 Å². The second kappa shape index (κ2) is 2.40. The van der Waals surface area contributed by atoms with Gasteiger partial charge in [0.1, 0.15) is 5.78 Å². The van der Waals surface area contributed by atoms with E-state index in [0.717, 1.165) is 0 Å². The first-order valence-electron chi connectivity index (χ1n) is 3.38. The Morgan fingerprint density at radius 3 is 2.60 bits per heavy atom. The molecule has 1 amide bonds. The molecule has 1 saturated heterocycles.